The Morgan fingerprint density at radius 3 is 2.25 bits per heavy atom. The third kappa shape index (κ3) is 13.5. The van der Waals surface area contributed by atoms with E-state index in [1.54, 1.807) is 38.4 Å². The Balaban J connectivity index is 0.936. The number of carbonyl (C=O) groups is 5. The number of benzene rings is 3. The van der Waals surface area contributed by atoms with E-state index in [0.29, 0.717) is 31.0 Å². The van der Waals surface area contributed by atoms with Crippen LogP contribution in [0.2, 0.25) is 0 Å². The van der Waals surface area contributed by atoms with Gasteiger partial charge >= 0.3 is 6.18 Å². The number of H-pyrrole nitrogens is 1. The molecule has 0 aliphatic carbocycles. The highest BCUT2D eigenvalue weighted by atomic mass is 32.1. The van der Waals surface area contributed by atoms with Crippen molar-refractivity contribution in [1.82, 2.24) is 35.7 Å². The number of aryl methyl sites for hydroxylation is 1. The number of anilines is 2. The topological polar surface area (TPSA) is 218 Å². The fourth-order valence-electron chi connectivity index (χ4n) is 9.14. The normalized spacial score (nSPS) is 18.6. The van der Waals surface area contributed by atoms with E-state index in [4.69, 9.17) is 4.74 Å². The first-order valence-electron chi connectivity index (χ1n) is 24.3. The highest BCUT2D eigenvalue weighted by Crippen LogP contribution is 2.37. The first-order chi connectivity index (χ1) is 35.4. The average Bonchev–Trinajstić information content (AvgIpc) is 3.98. The summed E-state index contributed by atoms with van der Waals surface area (Å²) in [5.74, 6) is -4.27. The SMILES string of the molecule is Cc1ncsc1-c1ccc(CNC(=O)[C@@H]2C[C@@H](O)CN2C(=O)[C@@H](NC(=O)COCCNC(=O)c2ccc(-c3ccc(N4C[C@@H](C)N(C)[C@@H](C)C4)c(NC(=O)c4c[nH]c(=O)cc4C(F)(F)F)c3)c(F)c2)C(C)(C)C)cc1. The molecule has 0 bridgehead atoms. The number of β-amino-alcohol motifs (C(OH)–C–C–N with tert-alkyl or cyclic N) is 1. The van der Waals surface area contributed by atoms with Crippen LogP contribution in [0.3, 0.4) is 0 Å². The van der Waals surface area contributed by atoms with Gasteiger partial charge in [0.15, 0.2) is 0 Å². The van der Waals surface area contributed by atoms with Crippen molar-refractivity contribution < 1.29 is 51.4 Å². The van der Waals surface area contributed by atoms with Crippen LogP contribution in [-0.2, 0) is 31.8 Å². The van der Waals surface area contributed by atoms with Crippen molar-refractivity contribution in [3.63, 3.8) is 0 Å². The van der Waals surface area contributed by atoms with Gasteiger partial charge in [-0.15, -0.1) is 11.3 Å². The minimum absolute atomic E-state index is 0.0189. The number of carbonyl (C=O) groups excluding carboxylic acids is 5. The van der Waals surface area contributed by atoms with Gasteiger partial charge in [0, 0.05) is 74.6 Å². The van der Waals surface area contributed by atoms with Gasteiger partial charge in [-0.25, -0.2) is 9.37 Å². The van der Waals surface area contributed by atoms with Gasteiger partial charge in [-0.2, -0.15) is 13.2 Å². The molecule has 17 nitrogen and oxygen atoms in total. The number of rotatable bonds is 16. The number of thiazole rings is 1. The molecular weight excluding hydrogens is 999 g/mol. The zero-order chi connectivity index (χ0) is 54.5. The Bertz CT molecular complexity index is 2970. The lowest BCUT2D eigenvalue weighted by atomic mass is 9.85. The van der Waals surface area contributed by atoms with E-state index in [-0.39, 0.29) is 67.1 Å². The molecule has 5 aromatic rings. The molecule has 400 valence electrons. The van der Waals surface area contributed by atoms with Crippen molar-refractivity contribution in [2.45, 2.75) is 91.0 Å². The number of aromatic nitrogens is 2. The first-order valence-corrected chi connectivity index (χ1v) is 25.2. The number of piperazine rings is 1. The summed E-state index contributed by atoms with van der Waals surface area (Å²) in [4.78, 5) is 92.1. The molecule has 2 aliphatic heterocycles. The Morgan fingerprint density at radius 1 is 0.920 bits per heavy atom. The summed E-state index contributed by atoms with van der Waals surface area (Å²) in [7, 11) is 1.97. The molecule has 3 aromatic carbocycles. The maximum Gasteiger partial charge on any atom is 0.417 e. The average molecular weight is 1060 g/mol. The smallest absolute Gasteiger partial charge is 0.391 e. The fourth-order valence-corrected chi connectivity index (χ4v) is 9.95. The minimum Gasteiger partial charge on any atom is -0.391 e. The van der Waals surface area contributed by atoms with Gasteiger partial charge in [0.05, 0.1) is 51.3 Å². The second-order valence-electron chi connectivity index (χ2n) is 20.0. The van der Waals surface area contributed by atoms with E-state index < -0.39 is 88.4 Å². The largest absolute Gasteiger partial charge is 0.417 e. The second kappa shape index (κ2) is 23.3. The number of aromatic amines is 1. The third-order valence-corrected chi connectivity index (χ3v) is 14.4. The summed E-state index contributed by atoms with van der Waals surface area (Å²) in [5.41, 5.74) is 1.23. The number of halogens is 4. The molecule has 5 atom stereocenters. The van der Waals surface area contributed by atoms with Crippen molar-refractivity contribution in [2.24, 2.45) is 5.41 Å². The molecule has 2 saturated heterocycles. The van der Waals surface area contributed by atoms with Gasteiger partial charge in [0.2, 0.25) is 23.3 Å². The fraction of sp³-hybridized carbons (Fsp3) is 0.415. The van der Waals surface area contributed by atoms with E-state index in [1.807, 2.05) is 57.0 Å². The maximum absolute atomic E-state index is 15.9. The van der Waals surface area contributed by atoms with Gasteiger partial charge in [-0.1, -0.05) is 57.2 Å². The molecule has 22 heteroatoms. The van der Waals surface area contributed by atoms with Crippen LogP contribution in [0.5, 0.6) is 0 Å². The number of hydrogen-bond donors (Lipinski definition) is 6. The number of nitrogens with zero attached hydrogens (tertiary/aromatic N) is 4. The maximum atomic E-state index is 15.9. The Kier molecular flexibility index (Phi) is 17.3. The molecular formula is C53H61F4N9O8S. The van der Waals surface area contributed by atoms with Crippen molar-refractivity contribution in [1.29, 1.82) is 0 Å². The first kappa shape index (κ1) is 55.7. The van der Waals surface area contributed by atoms with Gasteiger partial charge in [0.1, 0.15) is 24.5 Å². The molecule has 2 aliphatic rings. The number of pyridine rings is 1. The number of amides is 5. The quantitative estimate of drug-likeness (QED) is 0.0500. The van der Waals surface area contributed by atoms with Crippen molar-refractivity contribution in [2.75, 3.05) is 56.7 Å². The van der Waals surface area contributed by atoms with Gasteiger partial charge in [-0.05, 0) is 74.2 Å². The van der Waals surface area contributed by atoms with E-state index in [9.17, 15) is 47.0 Å². The third-order valence-electron chi connectivity index (χ3n) is 13.4. The summed E-state index contributed by atoms with van der Waals surface area (Å²) in [6.07, 6.45) is -5.25. The zero-order valence-corrected chi connectivity index (χ0v) is 43.4. The lowest BCUT2D eigenvalue weighted by Gasteiger charge is -2.44. The Labute approximate surface area is 435 Å². The number of hydrogen-bond acceptors (Lipinski definition) is 12. The van der Waals surface area contributed by atoms with Crippen LogP contribution in [0, 0.1) is 18.2 Å². The predicted octanol–water partition coefficient (Wildman–Crippen LogP) is 5.97. The monoisotopic (exact) mass is 1060 g/mol. The summed E-state index contributed by atoms with van der Waals surface area (Å²) >= 11 is 1.54. The van der Waals surface area contributed by atoms with Gasteiger partial charge in [0.25, 0.3) is 11.8 Å². The molecule has 2 fully saturated rings. The predicted molar refractivity (Wildman–Crippen MR) is 276 cm³/mol. The standard InChI is InChI=1S/C53H61F4N9O8S/c1-29-24-65(25-30(2)64(29)7)42-15-13-34(19-41(42)62-49(71)38-23-59-44(68)21-39(38)53(55,56)57)37-14-12-35(18-40(37)54)48(70)58-16-17-74-27-45(69)63-47(52(4,5)6)51(73)66-26-36(67)20-43(66)50(72)60-22-32-8-10-33(11-9-32)46-31(3)61-28-75-46/h8-15,18-19,21,23,28-30,36,43,47,67H,16-17,20,22,24-27H2,1-7H3,(H,58,70)(H,59,68)(H,60,72)(H,62,71)(H,63,69)/t29-,30+,36-,43+,47-/m1/s1. The van der Waals surface area contributed by atoms with Crippen LogP contribution < -0.4 is 31.7 Å². The molecule has 6 N–H and O–H groups in total. The van der Waals surface area contributed by atoms with E-state index in [0.717, 1.165) is 27.8 Å². The van der Waals surface area contributed by atoms with Crippen LogP contribution >= 0.6 is 11.3 Å². The lowest BCUT2D eigenvalue weighted by Crippen LogP contribution is -2.58. The van der Waals surface area contributed by atoms with E-state index >= 15 is 4.39 Å². The van der Waals surface area contributed by atoms with Crippen molar-refractivity contribution >= 4 is 52.2 Å². The molecule has 2 aromatic heterocycles. The highest BCUT2D eigenvalue weighted by Gasteiger charge is 2.44. The molecule has 0 spiro atoms. The Hall–Kier alpha value is -7.01. The summed E-state index contributed by atoms with van der Waals surface area (Å²) < 4.78 is 63.3. The van der Waals surface area contributed by atoms with Gasteiger partial charge < -0.3 is 45.9 Å². The van der Waals surface area contributed by atoms with Crippen molar-refractivity contribution in [3.05, 3.63) is 123 Å². The summed E-state index contributed by atoms with van der Waals surface area (Å²) in [6, 6.07) is 14.5. The van der Waals surface area contributed by atoms with Crippen LogP contribution in [0.4, 0.5) is 28.9 Å². The van der Waals surface area contributed by atoms with E-state index in [1.165, 1.54) is 34.4 Å². The number of nitrogens with one attached hydrogen (secondary N) is 5. The summed E-state index contributed by atoms with van der Waals surface area (Å²) in [5, 5.41) is 21.4. The molecule has 7 rings (SSSR count). The molecule has 4 heterocycles. The number of aliphatic hydroxyl groups is 1. The summed E-state index contributed by atoms with van der Waals surface area (Å²) in [6.45, 7) is 11.6. The second-order valence-corrected chi connectivity index (χ2v) is 20.9. The molecule has 5 amide bonds. The molecule has 75 heavy (non-hydrogen) atoms. The number of ether oxygens (including phenoxy) is 1. The lowest BCUT2D eigenvalue weighted by molar-refractivity contribution is -0.144. The number of aliphatic hydroxyl groups excluding tert-OH is 1. The number of alkyl halides is 3. The Morgan fingerprint density at radius 2 is 1.61 bits per heavy atom. The van der Waals surface area contributed by atoms with Crippen molar-refractivity contribution in [3.8, 4) is 21.6 Å². The number of likely N-dealkylation sites (tertiary alicyclic amines) is 1. The van der Waals surface area contributed by atoms with Crippen LogP contribution in [0.15, 0.2) is 83.2 Å². The van der Waals surface area contributed by atoms with Crippen LogP contribution in [0.25, 0.3) is 21.6 Å². The zero-order valence-electron chi connectivity index (χ0n) is 42.6. The minimum atomic E-state index is -5.01. The molecule has 0 saturated carbocycles. The van der Waals surface area contributed by atoms with Gasteiger partial charge in [-0.3, -0.25) is 33.7 Å². The molecule has 0 unspecified atom stereocenters. The highest BCUT2D eigenvalue weighted by molar-refractivity contribution is 7.13. The van der Waals surface area contributed by atoms with Crippen LogP contribution in [0.1, 0.15) is 78.6 Å². The number of likely N-dealkylation sites (N-methyl/N-ethyl adjacent to an activating group) is 1. The molecule has 0 radical (unpaired) electrons. The van der Waals surface area contributed by atoms with E-state index in [2.05, 4.69) is 36.1 Å². The van der Waals surface area contributed by atoms with Crippen LogP contribution in [-0.4, -0.2) is 131 Å².